The van der Waals surface area contributed by atoms with Crippen LogP contribution in [0.15, 0.2) is 18.3 Å². The van der Waals surface area contributed by atoms with Crippen molar-refractivity contribution in [3.8, 4) is 0 Å². The summed E-state index contributed by atoms with van der Waals surface area (Å²) in [6.07, 6.45) is 3.03. The number of rotatable bonds is 9. The van der Waals surface area contributed by atoms with Gasteiger partial charge in [-0.3, -0.25) is 0 Å². The van der Waals surface area contributed by atoms with E-state index < -0.39 is 0 Å². The second-order valence-corrected chi connectivity index (χ2v) is 4.74. The predicted molar refractivity (Wildman–Crippen MR) is 80.7 cm³/mol. The minimum absolute atomic E-state index is 0.363. The Bertz CT molecular complexity index is 357. The SMILES string of the molecule is CCCNC(C)c1ccnc(N(C)CCOCC)c1. The maximum absolute atomic E-state index is 5.37. The third-order valence-electron chi connectivity index (χ3n) is 3.14. The lowest BCUT2D eigenvalue weighted by atomic mass is 10.1. The van der Waals surface area contributed by atoms with E-state index in [2.05, 4.69) is 48.2 Å². The van der Waals surface area contributed by atoms with Gasteiger partial charge in [0.2, 0.25) is 0 Å². The van der Waals surface area contributed by atoms with Gasteiger partial charge in [0.25, 0.3) is 0 Å². The average Bonchev–Trinajstić information content (AvgIpc) is 2.45. The Morgan fingerprint density at radius 1 is 1.42 bits per heavy atom. The number of ether oxygens (including phenoxy) is 1. The maximum Gasteiger partial charge on any atom is 0.128 e. The molecule has 0 saturated heterocycles. The molecule has 1 aromatic heterocycles. The highest BCUT2D eigenvalue weighted by Crippen LogP contribution is 2.17. The van der Waals surface area contributed by atoms with Crippen LogP contribution in [0.25, 0.3) is 0 Å². The minimum atomic E-state index is 0.363. The number of nitrogens with one attached hydrogen (secondary N) is 1. The minimum Gasteiger partial charge on any atom is -0.380 e. The zero-order chi connectivity index (χ0) is 14.1. The molecule has 0 bridgehead atoms. The van der Waals surface area contributed by atoms with Crippen LogP contribution in [-0.2, 0) is 4.74 Å². The Labute approximate surface area is 117 Å². The van der Waals surface area contributed by atoms with Crippen LogP contribution in [0.1, 0.15) is 38.8 Å². The molecule has 0 aromatic carbocycles. The Kier molecular flexibility index (Phi) is 7.45. The Hall–Kier alpha value is -1.13. The fourth-order valence-electron chi connectivity index (χ4n) is 1.85. The predicted octanol–water partition coefficient (Wildman–Crippen LogP) is 2.61. The van der Waals surface area contributed by atoms with Crippen molar-refractivity contribution in [1.82, 2.24) is 10.3 Å². The van der Waals surface area contributed by atoms with E-state index in [1.807, 2.05) is 13.1 Å². The summed E-state index contributed by atoms with van der Waals surface area (Å²) in [5.41, 5.74) is 1.28. The van der Waals surface area contributed by atoms with Crippen LogP contribution in [0.3, 0.4) is 0 Å². The summed E-state index contributed by atoms with van der Waals surface area (Å²) in [6.45, 7) is 9.79. The van der Waals surface area contributed by atoms with Crippen molar-refractivity contribution < 1.29 is 4.74 Å². The van der Waals surface area contributed by atoms with E-state index in [0.29, 0.717) is 6.04 Å². The summed E-state index contributed by atoms with van der Waals surface area (Å²) in [6, 6.07) is 4.59. The molecule has 1 atom stereocenters. The van der Waals surface area contributed by atoms with Crippen molar-refractivity contribution >= 4 is 5.82 Å². The molecule has 0 radical (unpaired) electrons. The molecule has 1 N–H and O–H groups in total. The van der Waals surface area contributed by atoms with Crippen molar-refractivity contribution in [2.75, 3.05) is 38.3 Å². The van der Waals surface area contributed by atoms with Crippen LogP contribution in [-0.4, -0.2) is 38.3 Å². The van der Waals surface area contributed by atoms with Crippen LogP contribution in [0.2, 0.25) is 0 Å². The molecular formula is C15H27N3O. The molecule has 1 aromatic rings. The maximum atomic E-state index is 5.37. The first kappa shape index (κ1) is 15.9. The highest BCUT2D eigenvalue weighted by atomic mass is 16.5. The lowest BCUT2D eigenvalue weighted by Crippen LogP contribution is -2.24. The molecule has 19 heavy (non-hydrogen) atoms. The third-order valence-corrected chi connectivity index (χ3v) is 3.14. The number of aromatic nitrogens is 1. The van der Waals surface area contributed by atoms with E-state index in [1.54, 1.807) is 0 Å². The zero-order valence-corrected chi connectivity index (χ0v) is 12.6. The van der Waals surface area contributed by atoms with Crippen LogP contribution in [0.4, 0.5) is 5.82 Å². The van der Waals surface area contributed by atoms with Gasteiger partial charge in [-0.2, -0.15) is 0 Å². The molecule has 0 amide bonds. The van der Waals surface area contributed by atoms with E-state index in [4.69, 9.17) is 4.74 Å². The highest BCUT2D eigenvalue weighted by molar-refractivity contribution is 5.40. The first-order valence-electron chi connectivity index (χ1n) is 7.17. The number of hydrogen-bond acceptors (Lipinski definition) is 4. The zero-order valence-electron chi connectivity index (χ0n) is 12.6. The van der Waals surface area contributed by atoms with E-state index in [1.165, 1.54) is 5.56 Å². The van der Waals surface area contributed by atoms with Crippen LogP contribution >= 0.6 is 0 Å². The van der Waals surface area contributed by atoms with Crippen LogP contribution < -0.4 is 10.2 Å². The van der Waals surface area contributed by atoms with Crippen molar-refractivity contribution in [2.24, 2.45) is 0 Å². The molecule has 4 nitrogen and oxygen atoms in total. The number of pyridine rings is 1. The third kappa shape index (κ3) is 5.57. The van der Waals surface area contributed by atoms with Gasteiger partial charge >= 0.3 is 0 Å². The lowest BCUT2D eigenvalue weighted by Gasteiger charge is -2.20. The monoisotopic (exact) mass is 265 g/mol. The first-order chi connectivity index (χ1) is 9.19. The molecule has 0 aliphatic heterocycles. The summed E-state index contributed by atoms with van der Waals surface area (Å²) in [5.74, 6) is 1.00. The van der Waals surface area contributed by atoms with Gasteiger partial charge in [-0.15, -0.1) is 0 Å². The molecule has 1 heterocycles. The molecule has 0 aliphatic rings. The fraction of sp³-hybridized carbons (Fsp3) is 0.667. The highest BCUT2D eigenvalue weighted by Gasteiger charge is 2.08. The topological polar surface area (TPSA) is 37.4 Å². The van der Waals surface area contributed by atoms with Gasteiger partial charge in [0.15, 0.2) is 0 Å². The molecule has 0 spiro atoms. The number of hydrogen-bond donors (Lipinski definition) is 1. The van der Waals surface area contributed by atoms with E-state index in [9.17, 15) is 0 Å². The van der Waals surface area contributed by atoms with E-state index in [-0.39, 0.29) is 0 Å². The first-order valence-corrected chi connectivity index (χ1v) is 7.17. The molecule has 0 saturated carbocycles. The molecule has 1 rings (SSSR count). The van der Waals surface area contributed by atoms with Crippen molar-refractivity contribution in [3.05, 3.63) is 23.9 Å². The largest absolute Gasteiger partial charge is 0.380 e. The van der Waals surface area contributed by atoms with Crippen LogP contribution in [0, 0.1) is 0 Å². The standard InChI is InChI=1S/C15H27N3O/c1-5-8-16-13(3)14-7-9-17-15(12-14)18(4)10-11-19-6-2/h7,9,12-13,16H,5-6,8,10-11H2,1-4H3. The molecule has 1 unspecified atom stereocenters. The Morgan fingerprint density at radius 2 is 2.21 bits per heavy atom. The molecule has 0 fully saturated rings. The van der Waals surface area contributed by atoms with Gasteiger partial charge in [0.1, 0.15) is 5.82 Å². The Balaban J connectivity index is 2.60. The summed E-state index contributed by atoms with van der Waals surface area (Å²) in [5, 5.41) is 3.50. The average molecular weight is 265 g/mol. The summed E-state index contributed by atoms with van der Waals surface area (Å²) in [7, 11) is 2.05. The lowest BCUT2D eigenvalue weighted by molar-refractivity contribution is 0.154. The van der Waals surface area contributed by atoms with E-state index >= 15 is 0 Å². The van der Waals surface area contributed by atoms with Crippen LogP contribution in [0.5, 0.6) is 0 Å². The number of nitrogens with zero attached hydrogens (tertiary/aromatic N) is 2. The smallest absolute Gasteiger partial charge is 0.128 e. The second-order valence-electron chi connectivity index (χ2n) is 4.74. The number of likely N-dealkylation sites (N-methyl/N-ethyl adjacent to an activating group) is 1. The molecular weight excluding hydrogens is 238 g/mol. The quantitative estimate of drug-likeness (QED) is 0.696. The van der Waals surface area contributed by atoms with Gasteiger partial charge < -0.3 is 15.0 Å². The van der Waals surface area contributed by atoms with Gasteiger partial charge in [-0.05, 0) is 44.5 Å². The fourth-order valence-corrected chi connectivity index (χ4v) is 1.85. The van der Waals surface area contributed by atoms with Crippen molar-refractivity contribution in [1.29, 1.82) is 0 Å². The summed E-state index contributed by atoms with van der Waals surface area (Å²) >= 11 is 0. The molecule has 4 heteroatoms. The number of anilines is 1. The molecule has 108 valence electrons. The van der Waals surface area contributed by atoms with Crippen molar-refractivity contribution in [3.63, 3.8) is 0 Å². The van der Waals surface area contributed by atoms with Crippen molar-refractivity contribution in [2.45, 2.75) is 33.2 Å². The van der Waals surface area contributed by atoms with Gasteiger partial charge in [0.05, 0.1) is 6.61 Å². The normalized spacial score (nSPS) is 12.4. The van der Waals surface area contributed by atoms with E-state index in [0.717, 1.165) is 38.5 Å². The second kappa shape index (κ2) is 8.88. The Morgan fingerprint density at radius 3 is 2.89 bits per heavy atom. The van der Waals surface area contributed by atoms with Gasteiger partial charge in [0, 0.05) is 32.4 Å². The van der Waals surface area contributed by atoms with Gasteiger partial charge in [-0.1, -0.05) is 6.92 Å². The summed E-state index contributed by atoms with van der Waals surface area (Å²) in [4.78, 5) is 6.55. The van der Waals surface area contributed by atoms with Gasteiger partial charge in [-0.25, -0.2) is 4.98 Å². The molecule has 0 aliphatic carbocycles. The summed E-state index contributed by atoms with van der Waals surface area (Å²) < 4.78 is 5.37.